The predicted molar refractivity (Wildman–Crippen MR) is 95.1 cm³/mol. The molecule has 0 radical (unpaired) electrons. The van der Waals surface area contributed by atoms with E-state index in [1.54, 1.807) is 0 Å². The van der Waals surface area contributed by atoms with Gasteiger partial charge in [0, 0.05) is 18.3 Å². The first kappa shape index (κ1) is 21.6. The fourth-order valence-electron chi connectivity index (χ4n) is 2.20. The van der Waals surface area contributed by atoms with E-state index in [-0.39, 0.29) is 17.5 Å². The van der Waals surface area contributed by atoms with Gasteiger partial charge < -0.3 is 20.3 Å². The molecule has 0 aliphatic heterocycles. The second-order valence-electron chi connectivity index (χ2n) is 6.07. The Morgan fingerprint density at radius 3 is 2.36 bits per heavy atom. The zero-order valence-electron chi connectivity index (χ0n) is 15.2. The van der Waals surface area contributed by atoms with Crippen molar-refractivity contribution in [2.75, 3.05) is 37.8 Å². The van der Waals surface area contributed by atoms with Crippen molar-refractivity contribution in [3.05, 3.63) is 36.0 Å². The largest absolute Gasteiger partial charge is 0.435 e. The minimum Gasteiger partial charge on any atom is -0.435 e. The molecule has 0 aliphatic rings. The third-order valence-corrected chi connectivity index (χ3v) is 3.43. The number of anilines is 3. The van der Waals surface area contributed by atoms with E-state index in [9.17, 15) is 22.0 Å². The van der Waals surface area contributed by atoms with Crippen LogP contribution in [0.2, 0.25) is 0 Å². The maximum Gasteiger partial charge on any atom is 0.433 e. The molecule has 154 valence electrons. The second kappa shape index (κ2) is 9.49. The summed E-state index contributed by atoms with van der Waals surface area (Å²) in [5.74, 6) is -0.309. The van der Waals surface area contributed by atoms with Crippen LogP contribution in [0.25, 0.3) is 0 Å². The molecule has 0 saturated carbocycles. The smallest absolute Gasteiger partial charge is 0.433 e. The monoisotopic (exact) mass is 405 g/mol. The van der Waals surface area contributed by atoms with Crippen molar-refractivity contribution in [3.8, 4) is 5.75 Å². The summed E-state index contributed by atoms with van der Waals surface area (Å²) in [5, 5.41) is 5.48. The van der Waals surface area contributed by atoms with Crippen LogP contribution in [-0.4, -0.2) is 48.7 Å². The van der Waals surface area contributed by atoms with E-state index in [4.69, 9.17) is 0 Å². The van der Waals surface area contributed by atoms with Crippen molar-refractivity contribution in [3.63, 3.8) is 0 Å². The van der Waals surface area contributed by atoms with Crippen LogP contribution in [0.5, 0.6) is 5.75 Å². The summed E-state index contributed by atoms with van der Waals surface area (Å²) in [6, 6.07) is 6.07. The quantitative estimate of drug-likeness (QED) is 0.482. The zero-order valence-corrected chi connectivity index (χ0v) is 15.2. The predicted octanol–water partition coefficient (Wildman–Crippen LogP) is 4.20. The van der Waals surface area contributed by atoms with Crippen LogP contribution in [0.15, 0.2) is 30.3 Å². The summed E-state index contributed by atoms with van der Waals surface area (Å²) in [6.45, 7) is -1.81. The molecule has 1 aromatic heterocycles. The van der Waals surface area contributed by atoms with Crippen LogP contribution < -0.4 is 15.4 Å². The van der Waals surface area contributed by atoms with Gasteiger partial charge in [0.1, 0.15) is 11.6 Å². The summed E-state index contributed by atoms with van der Waals surface area (Å²) < 4.78 is 67.9. The summed E-state index contributed by atoms with van der Waals surface area (Å²) in [7, 11) is 3.78. The van der Waals surface area contributed by atoms with Gasteiger partial charge in [-0.2, -0.15) is 26.9 Å². The lowest BCUT2D eigenvalue weighted by Gasteiger charge is -2.14. The second-order valence-corrected chi connectivity index (χ2v) is 6.07. The molecule has 2 rings (SSSR count). The maximum atomic E-state index is 13.1. The lowest BCUT2D eigenvalue weighted by atomic mass is 10.3. The summed E-state index contributed by atoms with van der Waals surface area (Å²) in [4.78, 5) is 9.48. The van der Waals surface area contributed by atoms with Crippen LogP contribution >= 0.6 is 0 Å². The highest BCUT2D eigenvalue weighted by Gasteiger charge is 2.33. The van der Waals surface area contributed by atoms with Crippen molar-refractivity contribution < 1.29 is 26.7 Å². The van der Waals surface area contributed by atoms with Gasteiger partial charge in [-0.25, -0.2) is 4.98 Å². The van der Waals surface area contributed by atoms with Gasteiger partial charge in [0.05, 0.1) is 0 Å². The molecule has 1 aromatic carbocycles. The number of hydrogen-bond donors (Lipinski definition) is 2. The molecule has 11 heteroatoms. The zero-order chi connectivity index (χ0) is 20.7. The highest BCUT2D eigenvalue weighted by molar-refractivity contribution is 5.58. The van der Waals surface area contributed by atoms with E-state index in [0.717, 1.165) is 12.6 Å². The van der Waals surface area contributed by atoms with E-state index in [1.807, 2.05) is 19.0 Å². The Balaban J connectivity index is 2.14. The van der Waals surface area contributed by atoms with Gasteiger partial charge >= 0.3 is 12.8 Å². The highest BCUT2D eigenvalue weighted by Crippen LogP contribution is 2.30. The number of halogens is 5. The molecule has 0 bridgehead atoms. The molecule has 0 spiro atoms. The average Bonchev–Trinajstić information content (AvgIpc) is 2.59. The first-order valence-corrected chi connectivity index (χ1v) is 8.30. The Morgan fingerprint density at radius 1 is 1.11 bits per heavy atom. The molecule has 28 heavy (non-hydrogen) atoms. The van der Waals surface area contributed by atoms with E-state index >= 15 is 0 Å². The van der Waals surface area contributed by atoms with Gasteiger partial charge in [0.25, 0.3) is 0 Å². The third-order valence-electron chi connectivity index (χ3n) is 3.43. The Kier molecular flexibility index (Phi) is 7.32. The number of rotatable bonds is 9. The topological polar surface area (TPSA) is 62.3 Å². The molecule has 0 saturated heterocycles. The van der Waals surface area contributed by atoms with Gasteiger partial charge in [-0.1, -0.05) is 0 Å². The van der Waals surface area contributed by atoms with Crippen LogP contribution in [-0.2, 0) is 6.18 Å². The van der Waals surface area contributed by atoms with Gasteiger partial charge in [0.2, 0.25) is 5.95 Å². The van der Waals surface area contributed by atoms with Crippen LogP contribution in [0, 0.1) is 0 Å². The SMILES string of the molecule is CN(C)CCCNc1nc(Nc2ccc(OC(F)F)cc2)cc(C(F)(F)F)n1. The molecule has 0 amide bonds. The van der Waals surface area contributed by atoms with E-state index < -0.39 is 18.5 Å². The Morgan fingerprint density at radius 2 is 1.79 bits per heavy atom. The fourth-order valence-corrected chi connectivity index (χ4v) is 2.20. The molecule has 0 aliphatic carbocycles. The molecule has 0 unspecified atom stereocenters. The molecule has 0 atom stereocenters. The van der Waals surface area contributed by atoms with Gasteiger partial charge in [-0.3, -0.25) is 0 Å². The average molecular weight is 405 g/mol. The van der Waals surface area contributed by atoms with Crippen molar-refractivity contribution >= 4 is 17.5 Å². The van der Waals surface area contributed by atoms with Crippen molar-refractivity contribution in [2.45, 2.75) is 19.2 Å². The minimum absolute atomic E-state index is 0.0672. The normalized spacial score (nSPS) is 11.8. The molecule has 2 aromatic rings. The van der Waals surface area contributed by atoms with Crippen LogP contribution in [0.3, 0.4) is 0 Å². The van der Waals surface area contributed by atoms with Crippen molar-refractivity contribution in [1.82, 2.24) is 14.9 Å². The number of aromatic nitrogens is 2. The first-order chi connectivity index (χ1) is 13.1. The minimum atomic E-state index is -4.64. The number of alkyl halides is 5. The molecular weight excluding hydrogens is 385 g/mol. The van der Waals surface area contributed by atoms with Crippen LogP contribution in [0.4, 0.5) is 39.4 Å². The van der Waals surface area contributed by atoms with E-state index in [2.05, 4.69) is 25.3 Å². The first-order valence-electron chi connectivity index (χ1n) is 8.30. The number of nitrogens with one attached hydrogen (secondary N) is 2. The lowest BCUT2D eigenvalue weighted by Crippen LogP contribution is -2.18. The fraction of sp³-hybridized carbons (Fsp3) is 0.412. The number of hydrogen-bond acceptors (Lipinski definition) is 6. The Labute approximate surface area is 158 Å². The lowest BCUT2D eigenvalue weighted by molar-refractivity contribution is -0.141. The highest BCUT2D eigenvalue weighted by atomic mass is 19.4. The molecule has 1 heterocycles. The number of benzene rings is 1. The standard InChI is InChI=1S/C17H20F5N5O/c1-27(2)9-3-8-23-16-25-13(17(20,21)22)10-14(26-16)24-11-4-6-12(7-5-11)28-15(18)19/h4-7,10,15H,3,8-9H2,1-2H3,(H2,23,24,25,26). The summed E-state index contributed by atoms with van der Waals surface area (Å²) in [6.07, 6.45) is -3.95. The van der Waals surface area contributed by atoms with E-state index in [1.165, 1.54) is 24.3 Å². The van der Waals surface area contributed by atoms with Gasteiger partial charge in [-0.15, -0.1) is 0 Å². The molecule has 6 nitrogen and oxygen atoms in total. The number of nitrogens with zero attached hydrogens (tertiary/aromatic N) is 3. The summed E-state index contributed by atoms with van der Waals surface area (Å²) in [5.41, 5.74) is -0.746. The van der Waals surface area contributed by atoms with E-state index in [0.29, 0.717) is 18.7 Å². The Hall–Kier alpha value is -2.69. The van der Waals surface area contributed by atoms with Crippen LogP contribution in [0.1, 0.15) is 12.1 Å². The molecular formula is C17H20F5N5O. The summed E-state index contributed by atoms with van der Waals surface area (Å²) >= 11 is 0. The number of ether oxygens (including phenoxy) is 1. The van der Waals surface area contributed by atoms with Crippen molar-refractivity contribution in [1.29, 1.82) is 0 Å². The van der Waals surface area contributed by atoms with Gasteiger partial charge in [0.15, 0.2) is 5.69 Å². The van der Waals surface area contributed by atoms with Gasteiger partial charge in [-0.05, 0) is 51.3 Å². The maximum absolute atomic E-state index is 13.1. The molecule has 2 N–H and O–H groups in total. The molecule has 0 fully saturated rings. The van der Waals surface area contributed by atoms with Crippen molar-refractivity contribution in [2.24, 2.45) is 0 Å². The Bertz CT molecular complexity index is 753. The third kappa shape index (κ3) is 7.14.